The molecule has 1 fully saturated rings. The molecule has 2 aromatic rings. The lowest BCUT2D eigenvalue weighted by Crippen LogP contribution is -2.54. The Kier molecular flexibility index (Phi) is 4.93. The maximum Gasteiger partial charge on any atom is 0.270 e. The van der Waals surface area contributed by atoms with Gasteiger partial charge in [-0.25, -0.2) is 0 Å². The number of phenols is 1. The van der Waals surface area contributed by atoms with E-state index in [1.54, 1.807) is 12.1 Å². The molecule has 0 bridgehead atoms. The summed E-state index contributed by atoms with van der Waals surface area (Å²) in [7, 11) is 0. The Labute approximate surface area is 164 Å². The lowest BCUT2D eigenvalue weighted by atomic mass is 10.0. The van der Waals surface area contributed by atoms with E-state index in [2.05, 4.69) is 21.2 Å². The fraction of sp³-hybridized carbons (Fsp3) is 0.105. The summed E-state index contributed by atoms with van der Waals surface area (Å²) >= 11 is 8.45. The van der Waals surface area contributed by atoms with E-state index in [1.807, 2.05) is 32.0 Å². The second-order valence-corrected chi connectivity index (χ2v) is 7.20. The van der Waals surface area contributed by atoms with Gasteiger partial charge in [-0.1, -0.05) is 18.2 Å². The third kappa shape index (κ3) is 3.40. The van der Waals surface area contributed by atoms with E-state index in [4.69, 9.17) is 12.2 Å². The molecule has 0 spiro atoms. The molecule has 2 amide bonds. The average Bonchev–Trinajstić information content (AvgIpc) is 2.57. The minimum absolute atomic E-state index is 0.0305. The van der Waals surface area contributed by atoms with Crippen LogP contribution in [0.15, 0.2) is 46.4 Å². The molecular formula is C19H15BrN2O3S. The normalized spacial score (nSPS) is 16.2. The van der Waals surface area contributed by atoms with Gasteiger partial charge in [0.05, 0.1) is 10.2 Å². The Balaban J connectivity index is 2.07. The van der Waals surface area contributed by atoms with Gasteiger partial charge in [0.1, 0.15) is 11.3 Å². The van der Waals surface area contributed by atoms with Crippen molar-refractivity contribution in [3.05, 3.63) is 63.1 Å². The maximum absolute atomic E-state index is 13.0. The average molecular weight is 431 g/mol. The van der Waals surface area contributed by atoms with E-state index in [9.17, 15) is 14.7 Å². The molecule has 1 saturated heterocycles. The highest BCUT2D eigenvalue weighted by atomic mass is 79.9. The first-order valence-electron chi connectivity index (χ1n) is 7.75. The number of carbonyl (C=O) groups excluding carboxylic acids is 2. The first-order valence-corrected chi connectivity index (χ1v) is 8.95. The number of halogens is 1. The zero-order chi connectivity index (χ0) is 19.0. The van der Waals surface area contributed by atoms with Crippen molar-refractivity contribution in [2.45, 2.75) is 13.8 Å². The van der Waals surface area contributed by atoms with Gasteiger partial charge in [-0.05, 0) is 83.0 Å². The number of nitrogens with one attached hydrogen (secondary N) is 1. The topological polar surface area (TPSA) is 69.6 Å². The van der Waals surface area contributed by atoms with Crippen molar-refractivity contribution in [3.63, 3.8) is 0 Å². The van der Waals surface area contributed by atoms with Gasteiger partial charge in [-0.2, -0.15) is 0 Å². The lowest BCUT2D eigenvalue weighted by Gasteiger charge is -2.30. The van der Waals surface area contributed by atoms with Crippen molar-refractivity contribution in [1.82, 2.24) is 5.32 Å². The summed E-state index contributed by atoms with van der Waals surface area (Å²) in [6.07, 6.45) is 1.47. The molecule has 0 radical (unpaired) electrons. The standard InChI is InChI=1S/C19H15BrN2O3S/c1-10-3-4-11(2)15(7-10)22-18(25)13(17(24)21-19(22)26)8-12-5-6-16(23)14(20)9-12/h3-9,23H,1-2H3,(H,21,24,26)/b13-8+. The summed E-state index contributed by atoms with van der Waals surface area (Å²) in [6.45, 7) is 3.80. The Morgan fingerprint density at radius 1 is 1.15 bits per heavy atom. The highest BCUT2D eigenvalue weighted by molar-refractivity contribution is 9.10. The number of phenolic OH excluding ortho intramolecular Hbond substituents is 1. The number of aromatic hydroxyl groups is 1. The van der Waals surface area contributed by atoms with Gasteiger partial charge in [0.25, 0.3) is 11.8 Å². The predicted octanol–water partition coefficient (Wildman–Crippen LogP) is 3.60. The van der Waals surface area contributed by atoms with Crippen molar-refractivity contribution in [2.75, 3.05) is 4.90 Å². The number of rotatable bonds is 2. The first-order chi connectivity index (χ1) is 12.3. The van der Waals surface area contributed by atoms with Crippen LogP contribution in [0.1, 0.15) is 16.7 Å². The van der Waals surface area contributed by atoms with Gasteiger partial charge in [0.2, 0.25) is 0 Å². The third-order valence-electron chi connectivity index (χ3n) is 3.99. The van der Waals surface area contributed by atoms with E-state index in [0.717, 1.165) is 11.1 Å². The summed E-state index contributed by atoms with van der Waals surface area (Å²) in [4.78, 5) is 26.7. The molecule has 2 N–H and O–H groups in total. The number of thiocarbonyl (C=S) groups is 1. The van der Waals surface area contributed by atoms with Gasteiger partial charge in [0, 0.05) is 0 Å². The fourth-order valence-electron chi connectivity index (χ4n) is 2.62. The fourth-order valence-corrected chi connectivity index (χ4v) is 3.29. The zero-order valence-corrected chi connectivity index (χ0v) is 16.4. The molecule has 132 valence electrons. The minimum Gasteiger partial charge on any atom is -0.507 e. The number of nitrogens with zero attached hydrogens (tertiary/aromatic N) is 1. The molecule has 26 heavy (non-hydrogen) atoms. The summed E-state index contributed by atoms with van der Waals surface area (Å²) in [5, 5.41) is 12.2. The molecule has 1 aliphatic heterocycles. The van der Waals surface area contributed by atoms with Crippen LogP contribution in [0.2, 0.25) is 0 Å². The monoisotopic (exact) mass is 430 g/mol. The maximum atomic E-state index is 13.0. The molecule has 0 unspecified atom stereocenters. The SMILES string of the molecule is Cc1ccc(C)c(N2C(=O)/C(=C/c3ccc(O)c(Br)c3)C(=O)NC2=S)c1. The van der Waals surface area contributed by atoms with E-state index >= 15 is 0 Å². The second kappa shape index (κ2) is 7.01. The van der Waals surface area contributed by atoms with Gasteiger partial charge in [-0.3, -0.25) is 19.8 Å². The Hall–Kier alpha value is -2.51. The highest BCUT2D eigenvalue weighted by Crippen LogP contribution is 2.28. The molecule has 2 aromatic carbocycles. The Morgan fingerprint density at radius 3 is 2.58 bits per heavy atom. The van der Waals surface area contributed by atoms with Crippen molar-refractivity contribution in [3.8, 4) is 5.75 Å². The molecular weight excluding hydrogens is 416 g/mol. The van der Waals surface area contributed by atoms with Gasteiger partial charge >= 0.3 is 0 Å². The highest BCUT2D eigenvalue weighted by Gasteiger charge is 2.35. The van der Waals surface area contributed by atoms with Crippen molar-refractivity contribution < 1.29 is 14.7 Å². The predicted molar refractivity (Wildman–Crippen MR) is 108 cm³/mol. The van der Waals surface area contributed by atoms with E-state index < -0.39 is 11.8 Å². The number of aryl methyl sites for hydroxylation is 2. The van der Waals surface area contributed by atoms with Crippen molar-refractivity contribution >= 4 is 56.8 Å². The number of carbonyl (C=O) groups is 2. The molecule has 0 saturated carbocycles. The third-order valence-corrected chi connectivity index (χ3v) is 4.91. The van der Waals surface area contributed by atoms with Gasteiger partial charge in [0.15, 0.2) is 5.11 Å². The number of anilines is 1. The molecule has 5 nitrogen and oxygen atoms in total. The summed E-state index contributed by atoms with van der Waals surface area (Å²) in [5.41, 5.74) is 3.05. The molecule has 0 aliphatic carbocycles. The first kappa shape index (κ1) is 18.3. The number of amides is 2. The van der Waals surface area contributed by atoms with Crippen LogP contribution in [0.4, 0.5) is 5.69 Å². The lowest BCUT2D eigenvalue weighted by molar-refractivity contribution is -0.122. The van der Waals surface area contributed by atoms with E-state index in [1.165, 1.54) is 17.0 Å². The Morgan fingerprint density at radius 2 is 1.88 bits per heavy atom. The van der Waals surface area contributed by atoms with Crippen LogP contribution >= 0.6 is 28.1 Å². The van der Waals surface area contributed by atoms with Crippen molar-refractivity contribution in [2.24, 2.45) is 0 Å². The van der Waals surface area contributed by atoms with E-state index in [0.29, 0.717) is 15.7 Å². The minimum atomic E-state index is -0.550. The van der Waals surface area contributed by atoms with Crippen molar-refractivity contribution in [1.29, 1.82) is 0 Å². The summed E-state index contributed by atoms with van der Waals surface area (Å²) < 4.78 is 0.470. The smallest absolute Gasteiger partial charge is 0.270 e. The van der Waals surface area contributed by atoms with Crippen LogP contribution in [0.3, 0.4) is 0 Å². The van der Waals surface area contributed by atoms with Crippen LogP contribution in [-0.4, -0.2) is 22.0 Å². The number of hydrogen-bond acceptors (Lipinski definition) is 4. The number of hydrogen-bond donors (Lipinski definition) is 2. The van der Waals surface area contributed by atoms with Crippen LogP contribution in [-0.2, 0) is 9.59 Å². The summed E-state index contributed by atoms with van der Waals surface area (Å²) in [5.74, 6) is -0.966. The van der Waals surface area contributed by atoms with Crippen LogP contribution in [0.25, 0.3) is 6.08 Å². The zero-order valence-electron chi connectivity index (χ0n) is 14.0. The second-order valence-electron chi connectivity index (χ2n) is 5.96. The molecule has 1 aliphatic rings. The molecule has 0 atom stereocenters. The largest absolute Gasteiger partial charge is 0.507 e. The van der Waals surface area contributed by atoms with Crippen LogP contribution in [0, 0.1) is 13.8 Å². The quantitative estimate of drug-likeness (QED) is 0.433. The number of benzene rings is 2. The van der Waals surface area contributed by atoms with Gasteiger partial charge in [-0.15, -0.1) is 0 Å². The van der Waals surface area contributed by atoms with Crippen LogP contribution in [0.5, 0.6) is 5.75 Å². The van der Waals surface area contributed by atoms with Gasteiger partial charge < -0.3 is 5.11 Å². The summed E-state index contributed by atoms with van der Waals surface area (Å²) in [6, 6.07) is 10.4. The Bertz CT molecular complexity index is 985. The molecule has 3 rings (SSSR count). The van der Waals surface area contributed by atoms with E-state index in [-0.39, 0.29) is 16.4 Å². The molecule has 1 heterocycles. The molecule has 7 heteroatoms. The molecule has 0 aromatic heterocycles. The van der Waals surface area contributed by atoms with Crippen LogP contribution < -0.4 is 10.2 Å².